The largest absolute Gasteiger partial charge is 0.362 e. The van der Waals surface area contributed by atoms with Crippen LogP contribution in [0, 0.1) is 20.8 Å². The molecule has 1 aromatic carbocycles. The van der Waals surface area contributed by atoms with Gasteiger partial charge in [-0.2, -0.15) is 0 Å². The fourth-order valence-corrected chi connectivity index (χ4v) is 3.42. The summed E-state index contributed by atoms with van der Waals surface area (Å²) in [5.41, 5.74) is 4.37. The lowest BCUT2D eigenvalue weighted by Gasteiger charge is -2.23. The topological polar surface area (TPSA) is 56.4 Å². The summed E-state index contributed by atoms with van der Waals surface area (Å²) in [7, 11) is 0. The maximum atomic E-state index is 12.8. The molecule has 2 heterocycles. The second-order valence-corrected chi connectivity index (χ2v) is 6.74. The van der Waals surface area contributed by atoms with E-state index in [0.29, 0.717) is 26.2 Å². The van der Waals surface area contributed by atoms with Crippen LogP contribution in [0.15, 0.2) is 30.3 Å². The summed E-state index contributed by atoms with van der Waals surface area (Å²) in [5, 5.41) is 0. The molecule has 1 aromatic heterocycles. The lowest BCUT2D eigenvalue weighted by atomic mass is 10.1. The summed E-state index contributed by atoms with van der Waals surface area (Å²) >= 11 is 0. The monoisotopic (exact) mass is 339 g/mol. The van der Waals surface area contributed by atoms with Crippen molar-refractivity contribution in [3.05, 3.63) is 58.4 Å². The molecule has 0 unspecified atom stereocenters. The Balaban J connectivity index is 1.70. The average Bonchev–Trinajstić information content (AvgIpc) is 2.79. The molecule has 3 rings (SSSR count). The van der Waals surface area contributed by atoms with Crippen molar-refractivity contribution in [1.82, 2.24) is 14.8 Å². The van der Waals surface area contributed by atoms with Gasteiger partial charge in [-0.15, -0.1) is 0 Å². The van der Waals surface area contributed by atoms with Gasteiger partial charge in [-0.1, -0.05) is 18.2 Å². The van der Waals surface area contributed by atoms with E-state index in [1.54, 1.807) is 0 Å². The first-order chi connectivity index (χ1) is 12.0. The lowest BCUT2D eigenvalue weighted by Crippen LogP contribution is -2.37. The number of carbonyl (C=O) groups excluding carboxylic acids is 2. The maximum Gasteiger partial charge on any atom is 0.255 e. The summed E-state index contributed by atoms with van der Waals surface area (Å²) in [6.45, 7) is 8.34. The van der Waals surface area contributed by atoms with Gasteiger partial charge in [0.1, 0.15) is 0 Å². The van der Waals surface area contributed by atoms with Crippen molar-refractivity contribution < 1.29 is 9.59 Å². The minimum absolute atomic E-state index is 0.0482. The van der Waals surface area contributed by atoms with Crippen LogP contribution in [0.2, 0.25) is 0 Å². The number of amides is 2. The highest BCUT2D eigenvalue weighted by Crippen LogP contribution is 2.16. The van der Waals surface area contributed by atoms with E-state index < -0.39 is 0 Å². The molecule has 0 atom stereocenters. The van der Waals surface area contributed by atoms with Gasteiger partial charge in [-0.3, -0.25) is 9.59 Å². The Labute approximate surface area is 148 Å². The normalized spacial score (nSPS) is 15.2. The number of hydrogen-bond donors (Lipinski definition) is 1. The summed E-state index contributed by atoms with van der Waals surface area (Å²) in [6, 6.07) is 9.56. The predicted octanol–water partition coefficient (Wildman–Crippen LogP) is 2.93. The van der Waals surface area contributed by atoms with Crippen LogP contribution in [0.3, 0.4) is 0 Å². The van der Waals surface area contributed by atoms with Gasteiger partial charge >= 0.3 is 0 Å². The molecule has 1 aliphatic rings. The molecular formula is C20H25N3O2. The van der Waals surface area contributed by atoms with Gasteiger partial charge in [-0.25, -0.2) is 0 Å². The van der Waals surface area contributed by atoms with E-state index in [4.69, 9.17) is 0 Å². The third-order valence-electron chi connectivity index (χ3n) is 4.83. The molecule has 0 bridgehead atoms. The first kappa shape index (κ1) is 17.3. The minimum atomic E-state index is 0.0482. The van der Waals surface area contributed by atoms with Crippen molar-refractivity contribution in [2.24, 2.45) is 0 Å². The zero-order chi connectivity index (χ0) is 18.0. The van der Waals surface area contributed by atoms with E-state index in [0.717, 1.165) is 34.5 Å². The number of carbonyl (C=O) groups is 2. The van der Waals surface area contributed by atoms with E-state index in [1.165, 1.54) is 0 Å². The molecule has 132 valence electrons. The Kier molecular flexibility index (Phi) is 4.93. The Morgan fingerprint density at radius 2 is 1.48 bits per heavy atom. The Morgan fingerprint density at radius 3 is 2.04 bits per heavy atom. The van der Waals surface area contributed by atoms with Gasteiger partial charge in [-0.05, 0) is 44.9 Å². The zero-order valence-corrected chi connectivity index (χ0v) is 15.1. The van der Waals surface area contributed by atoms with Crippen LogP contribution in [0.4, 0.5) is 0 Å². The average molecular weight is 339 g/mol. The molecule has 1 fully saturated rings. The van der Waals surface area contributed by atoms with Gasteiger partial charge in [0.2, 0.25) is 0 Å². The second kappa shape index (κ2) is 7.13. The van der Waals surface area contributed by atoms with Crippen molar-refractivity contribution in [2.75, 3.05) is 26.2 Å². The fourth-order valence-electron chi connectivity index (χ4n) is 3.42. The standard InChI is InChI=1S/C20H25N3O2/c1-14-7-4-5-8-17(14)19(24)22-9-6-10-23(12-11-22)20(25)18-13-15(2)21-16(18)3/h4-5,7-8,13,21H,6,9-12H2,1-3H3. The summed E-state index contributed by atoms with van der Waals surface area (Å²) in [4.78, 5) is 32.5. The van der Waals surface area contributed by atoms with Gasteiger partial charge in [0, 0.05) is 43.1 Å². The first-order valence-corrected chi connectivity index (χ1v) is 8.78. The Hall–Kier alpha value is -2.56. The molecule has 0 spiro atoms. The molecular weight excluding hydrogens is 314 g/mol. The molecule has 2 aromatic rings. The first-order valence-electron chi connectivity index (χ1n) is 8.78. The molecule has 0 saturated carbocycles. The van der Waals surface area contributed by atoms with Gasteiger partial charge in [0.15, 0.2) is 0 Å². The Morgan fingerprint density at radius 1 is 0.880 bits per heavy atom. The minimum Gasteiger partial charge on any atom is -0.362 e. The Bertz CT molecular complexity index is 794. The third-order valence-corrected chi connectivity index (χ3v) is 4.83. The molecule has 1 saturated heterocycles. The summed E-state index contributed by atoms with van der Waals surface area (Å²) in [5.74, 6) is 0.105. The summed E-state index contributed by atoms with van der Waals surface area (Å²) < 4.78 is 0. The number of benzene rings is 1. The number of aromatic amines is 1. The van der Waals surface area contributed by atoms with Gasteiger partial charge in [0.05, 0.1) is 5.56 Å². The number of aryl methyl sites for hydroxylation is 3. The van der Waals surface area contributed by atoms with Crippen LogP contribution < -0.4 is 0 Å². The number of rotatable bonds is 2. The molecule has 2 amide bonds. The number of aromatic nitrogens is 1. The highest BCUT2D eigenvalue weighted by atomic mass is 16.2. The molecule has 0 radical (unpaired) electrons. The fraction of sp³-hybridized carbons (Fsp3) is 0.400. The maximum absolute atomic E-state index is 12.8. The van der Waals surface area contributed by atoms with Gasteiger partial charge in [0.25, 0.3) is 11.8 Å². The highest BCUT2D eigenvalue weighted by Gasteiger charge is 2.25. The predicted molar refractivity (Wildman–Crippen MR) is 97.9 cm³/mol. The third kappa shape index (κ3) is 3.60. The molecule has 0 aliphatic carbocycles. The van der Waals surface area contributed by atoms with Crippen LogP contribution in [0.1, 0.15) is 44.1 Å². The van der Waals surface area contributed by atoms with E-state index in [2.05, 4.69) is 4.98 Å². The van der Waals surface area contributed by atoms with Gasteiger partial charge < -0.3 is 14.8 Å². The van der Waals surface area contributed by atoms with Crippen molar-refractivity contribution in [1.29, 1.82) is 0 Å². The smallest absolute Gasteiger partial charge is 0.255 e. The molecule has 5 nitrogen and oxygen atoms in total. The number of nitrogens with one attached hydrogen (secondary N) is 1. The molecule has 25 heavy (non-hydrogen) atoms. The highest BCUT2D eigenvalue weighted by molar-refractivity contribution is 5.97. The number of H-pyrrole nitrogens is 1. The van der Waals surface area contributed by atoms with Crippen molar-refractivity contribution in [3.8, 4) is 0 Å². The SMILES string of the molecule is Cc1cc(C(=O)N2CCCN(C(=O)c3ccccc3C)CC2)c(C)[nH]1. The number of hydrogen-bond acceptors (Lipinski definition) is 2. The van der Waals surface area contributed by atoms with Crippen molar-refractivity contribution in [3.63, 3.8) is 0 Å². The molecule has 5 heteroatoms. The van der Waals surface area contributed by atoms with E-state index >= 15 is 0 Å². The van der Waals surface area contributed by atoms with E-state index in [9.17, 15) is 9.59 Å². The van der Waals surface area contributed by atoms with E-state index in [-0.39, 0.29) is 11.8 Å². The van der Waals surface area contributed by atoms with E-state index in [1.807, 2.05) is 60.9 Å². The van der Waals surface area contributed by atoms with Crippen molar-refractivity contribution in [2.45, 2.75) is 27.2 Å². The van der Waals surface area contributed by atoms with Crippen LogP contribution in [0.25, 0.3) is 0 Å². The number of nitrogens with zero attached hydrogens (tertiary/aromatic N) is 2. The quantitative estimate of drug-likeness (QED) is 0.914. The summed E-state index contributed by atoms with van der Waals surface area (Å²) in [6.07, 6.45) is 0.797. The van der Waals surface area contributed by atoms with Crippen LogP contribution in [-0.4, -0.2) is 52.8 Å². The van der Waals surface area contributed by atoms with Crippen LogP contribution in [-0.2, 0) is 0 Å². The van der Waals surface area contributed by atoms with Crippen LogP contribution in [0.5, 0.6) is 0 Å². The lowest BCUT2D eigenvalue weighted by molar-refractivity contribution is 0.0718. The molecule has 1 N–H and O–H groups in total. The second-order valence-electron chi connectivity index (χ2n) is 6.74. The zero-order valence-electron chi connectivity index (χ0n) is 15.1. The van der Waals surface area contributed by atoms with Crippen molar-refractivity contribution >= 4 is 11.8 Å². The molecule has 1 aliphatic heterocycles. The van der Waals surface area contributed by atoms with Crippen LogP contribution >= 0.6 is 0 Å².